The second-order valence-corrected chi connectivity index (χ2v) is 4.36. The number of benzene rings is 1. The van der Waals surface area contributed by atoms with E-state index in [1.54, 1.807) is 0 Å². The summed E-state index contributed by atoms with van der Waals surface area (Å²) in [5.41, 5.74) is 0.584. The number of hydrogen-bond donors (Lipinski definition) is 2. The Morgan fingerprint density at radius 1 is 1.32 bits per heavy atom. The maximum absolute atomic E-state index is 11.5. The van der Waals surface area contributed by atoms with Crippen molar-refractivity contribution in [2.24, 2.45) is 0 Å². The van der Waals surface area contributed by atoms with Crippen LogP contribution >= 0.6 is 0 Å². The number of carboxylic acid groups (broad SMARTS) is 1. The quantitative estimate of drug-likeness (QED) is 0.474. The summed E-state index contributed by atoms with van der Waals surface area (Å²) in [6.45, 7) is 0. The Bertz CT molecular complexity index is 872. The number of carboxylic acids is 1. The largest absolute Gasteiger partial charge is 1.00 e. The minimum atomic E-state index is -1.29. The van der Waals surface area contributed by atoms with Gasteiger partial charge in [0.1, 0.15) is 6.10 Å². The van der Waals surface area contributed by atoms with Gasteiger partial charge in [0.05, 0.1) is 24.1 Å². The van der Waals surface area contributed by atoms with E-state index in [1.807, 2.05) is 0 Å². The molecule has 3 aromatic rings. The van der Waals surface area contributed by atoms with E-state index in [0.29, 0.717) is 11.1 Å². The molecule has 9 heteroatoms. The van der Waals surface area contributed by atoms with Crippen LogP contribution in [0.2, 0.25) is 0 Å². The number of aromatic nitrogens is 4. The average Bonchev–Trinajstić information content (AvgIpc) is 2.92. The SMILES string of the molecule is O=C([O-])c1ccc(C(O)c2cnn3c(=O)[nH]cnc23)cc1.[Na+]. The van der Waals surface area contributed by atoms with E-state index in [9.17, 15) is 19.8 Å². The van der Waals surface area contributed by atoms with Crippen molar-refractivity contribution in [2.45, 2.75) is 6.10 Å². The van der Waals surface area contributed by atoms with Crippen LogP contribution in [0.1, 0.15) is 27.6 Å². The molecule has 0 spiro atoms. The summed E-state index contributed by atoms with van der Waals surface area (Å²) in [6.07, 6.45) is 1.48. The maximum Gasteiger partial charge on any atom is 1.00 e. The molecule has 8 nitrogen and oxygen atoms in total. The van der Waals surface area contributed by atoms with Gasteiger partial charge in [-0.2, -0.15) is 9.61 Å². The third-order valence-electron chi connectivity index (χ3n) is 3.10. The normalized spacial score (nSPS) is 11.9. The van der Waals surface area contributed by atoms with E-state index in [4.69, 9.17) is 0 Å². The molecular weight excluding hydrogens is 299 g/mol. The number of H-pyrrole nitrogens is 1. The zero-order chi connectivity index (χ0) is 15.0. The van der Waals surface area contributed by atoms with Crippen LogP contribution in [0.5, 0.6) is 0 Å². The van der Waals surface area contributed by atoms with E-state index in [-0.39, 0.29) is 40.8 Å². The van der Waals surface area contributed by atoms with Crippen molar-refractivity contribution >= 4 is 11.6 Å². The third kappa shape index (κ3) is 2.81. The van der Waals surface area contributed by atoms with Crippen molar-refractivity contribution in [3.63, 3.8) is 0 Å². The Kier molecular flexibility index (Phi) is 4.77. The number of rotatable bonds is 3. The zero-order valence-corrected chi connectivity index (χ0v) is 13.6. The van der Waals surface area contributed by atoms with Gasteiger partial charge in [-0.05, 0) is 11.1 Å². The van der Waals surface area contributed by atoms with Crippen molar-refractivity contribution < 1.29 is 44.6 Å². The van der Waals surface area contributed by atoms with Crippen LogP contribution in [-0.2, 0) is 0 Å². The molecule has 2 heterocycles. The monoisotopic (exact) mass is 308 g/mol. The summed E-state index contributed by atoms with van der Waals surface area (Å²) < 4.78 is 1.04. The molecule has 0 aliphatic carbocycles. The molecule has 0 radical (unpaired) electrons. The summed E-state index contributed by atoms with van der Waals surface area (Å²) in [5, 5.41) is 24.9. The molecule has 0 aliphatic rings. The van der Waals surface area contributed by atoms with E-state index >= 15 is 0 Å². The van der Waals surface area contributed by atoms with Gasteiger partial charge in [0, 0.05) is 0 Å². The fourth-order valence-electron chi connectivity index (χ4n) is 2.02. The summed E-state index contributed by atoms with van der Waals surface area (Å²) >= 11 is 0. The van der Waals surface area contributed by atoms with Crippen molar-refractivity contribution in [2.75, 3.05) is 0 Å². The van der Waals surface area contributed by atoms with E-state index < -0.39 is 17.8 Å². The average molecular weight is 308 g/mol. The first kappa shape index (κ1) is 16.4. The molecule has 0 saturated carbocycles. The molecule has 22 heavy (non-hydrogen) atoms. The van der Waals surface area contributed by atoms with Gasteiger partial charge in [0.15, 0.2) is 5.65 Å². The number of hydrogen-bond acceptors (Lipinski definition) is 6. The minimum Gasteiger partial charge on any atom is -0.545 e. The smallest absolute Gasteiger partial charge is 0.545 e. The van der Waals surface area contributed by atoms with Crippen LogP contribution in [0.4, 0.5) is 0 Å². The molecule has 0 amide bonds. The first-order valence-corrected chi connectivity index (χ1v) is 5.98. The second kappa shape index (κ2) is 6.41. The van der Waals surface area contributed by atoms with E-state index in [0.717, 1.165) is 4.52 Å². The molecule has 3 rings (SSSR count). The van der Waals surface area contributed by atoms with Crippen LogP contribution in [0.3, 0.4) is 0 Å². The molecule has 0 bridgehead atoms. The second-order valence-electron chi connectivity index (χ2n) is 4.36. The fraction of sp³-hybridized carbons (Fsp3) is 0.0769. The van der Waals surface area contributed by atoms with E-state index in [1.165, 1.54) is 36.8 Å². The number of aliphatic hydroxyl groups excluding tert-OH is 1. The Balaban J connectivity index is 0.00000176. The minimum absolute atomic E-state index is 0. The number of fused-ring (bicyclic) bond motifs is 1. The first-order chi connectivity index (χ1) is 10.1. The van der Waals surface area contributed by atoms with Gasteiger partial charge in [0.2, 0.25) is 0 Å². The van der Waals surface area contributed by atoms with E-state index in [2.05, 4.69) is 15.1 Å². The molecule has 2 aromatic heterocycles. The van der Waals surface area contributed by atoms with Gasteiger partial charge in [-0.25, -0.2) is 9.78 Å². The van der Waals surface area contributed by atoms with Crippen molar-refractivity contribution in [1.29, 1.82) is 0 Å². The van der Waals surface area contributed by atoms with Crippen LogP contribution in [0.25, 0.3) is 5.65 Å². The standard InChI is InChI=1S/C13H10N4O4.Na/c18-10(7-1-3-8(4-2-7)12(19)20)9-5-16-17-11(9)14-6-15-13(17)21;/h1-6,10,18H,(H,19,20)(H,14,15,21);/q;+1/p-1. The summed E-state index contributed by atoms with van der Waals surface area (Å²) in [4.78, 5) is 28.6. The molecule has 1 aromatic carbocycles. The number of nitrogens with one attached hydrogen (secondary N) is 1. The van der Waals surface area contributed by atoms with Crippen LogP contribution in [0.15, 0.2) is 41.6 Å². The number of aromatic carboxylic acids is 1. The molecule has 1 atom stereocenters. The summed E-state index contributed by atoms with van der Waals surface area (Å²) in [5.74, 6) is -1.29. The zero-order valence-electron chi connectivity index (χ0n) is 11.6. The molecule has 0 aliphatic heterocycles. The third-order valence-corrected chi connectivity index (χ3v) is 3.10. The number of carbonyl (C=O) groups excluding carboxylic acids is 1. The van der Waals surface area contributed by atoms with Crippen LogP contribution < -0.4 is 40.4 Å². The number of nitrogens with zero attached hydrogens (tertiary/aromatic N) is 3. The van der Waals surface area contributed by atoms with Gasteiger partial charge in [-0.1, -0.05) is 24.3 Å². The predicted molar refractivity (Wildman–Crippen MR) is 68.4 cm³/mol. The Morgan fingerprint density at radius 3 is 2.64 bits per heavy atom. The Hall–Kier alpha value is -2.00. The van der Waals surface area contributed by atoms with Gasteiger partial charge >= 0.3 is 35.2 Å². The van der Waals surface area contributed by atoms with Gasteiger partial charge in [0.25, 0.3) is 0 Å². The van der Waals surface area contributed by atoms with Crippen LogP contribution in [0, 0.1) is 0 Å². The number of aliphatic hydroxyl groups is 1. The number of aromatic amines is 1. The molecule has 2 N–H and O–H groups in total. The van der Waals surface area contributed by atoms with Crippen LogP contribution in [-0.4, -0.2) is 30.7 Å². The van der Waals surface area contributed by atoms with Crippen molar-refractivity contribution in [3.05, 3.63) is 64.0 Å². The van der Waals surface area contributed by atoms with Gasteiger partial charge in [-0.3, -0.25) is 4.98 Å². The number of carbonyl (C=O) groups is 1. The topological polar surface area (TPSA) is 123 Å². The molecule has 0 fully saturated rings. The molecular formula is C13H9N4NaO4. The Labute approximate surface area is 145 Å². The van der Waals surface area contributed by atoms with Gasteiger partial charge in [-0.15, -0.1) is 0 Å². The Morgan fingerprint density at radius 2 is 2.00 bits per heavy atom. The van der Waals surface area contributed by atoms with Crippen molar-refractivity contribution in [1.82, 2.24) is 19.6 Å². The predicted octanol–water partition coefficient (Wildman–Crippen LogP) is -4.13. The summed E-state index contributed by atoms with van der Waals surface area (Å²) in [6, 6.07) is 5.60. The first-order valence-electron chi connectivity index (χ1n) is 5.98. The van der Waals surface area contributed by atoms with Crippen molar-refractivity contribution in [3.8, 4) is 0 Å². The molecule has 1 unspecified atom stereocenters. The van der Waals surface area contributed by atoms with Gasteiger partial charge < -0.3 is 15.0 Å². The maximum atomic E-state index is 11.5. The fourth-order valence-corrected chi connectivity index (χ4v) is 2.02. The molecule has 0 saturated heterocycles. The summed E-state index contributed by atoms with van der Waals surface area (Å²) in [7, 11) is 0. The molecule has 106 valence electrons.